The number of benzene rings is 1. The molecule has 3 rings (SSSR count). The molecule has 78 valence electrons. The summed E-state index contributed by atoms with van der Waals surface area (Å²) in [4.78, 5) is 13.9. The van der Waals surface area contributed by atoms with Crippen LogP contribution >= 0.6 is 0 Å². The molecule has 2 heterocycles. The van der Waals surface area contributed by atoms with E-state index >= 15 is 0 Å². The molecule has 15 heavy (non-hydrogen) atoms. The molecule has 0 aromatic heterocycles. The fourth-order valence-corrected chi connectivity index (χ4v) is 3.08. The molecule has 0 bridgehead atoms. The molecule has 1 amide bonds. The summed E-state index contributed by atoms with van der Waals surface area (Å²) in [6.45, 7) is 4.44. The molecule has 1 saturated heterocycles. The van der Waals surface area contributed by atoms with Gasteiger partial charge in [-0.05, 0) is 25.0 Å². The maximum absolute atomic E-state index is 11.9. The van der Waals surface area contributed by atoms with Gasteiger partial charge in [-0.1, -0.05) is 25.1 Å². The Morgan fingerprint density at radius 1 is 1.40 bits per heavy atom. The van der Waals surface area contributed by atoms with Crippen LogP contribution < -0.4 is 4.90 Å². The summed E-state index contributed by atoms with van der Waals surface area (Å²) in [5.74, 6) is 0.745. The van der Waals surface area contributed by atoms with E-state index in [1.54, 1.807) is 0 Å². The first-order valence-electron chi connectivity index (χ1n) is 5.56. The molecular formula is C13H15NO. The first kappa shape index (κ1) is 8.96. The largest absolute Gasteiger partial charge is 0.306 e. The van der Waals surface area contributed by atoms with Crippen LogP contribution in [-0.2, 0) is 4.79 Å². The highest BCUT2D eigenvalue weighted by Gasteiger charge is 2.52. The first-order chi connectivity index (χ1) is 7.14. The molecule has 2 nitrogen and oxygen atoms in total. The third-order valence-corrected chi connectivity index (χ3v) is 4.18. The smallest absolute Gasteiger partial charge is 0.227 e. The number of amides is 1. The molecule has 1 fully saturated rings. The van der Waals surface area contributed by atoms with Crippen molar-refractivity contribution in [1.29, 1.82) is 0 Å². The van der Waals surface area contributed by atoms with Crippen molar-refractivity contribution in [1.82, 2.24) is 0 Å². The zero-order valence-corrected chi connectivity index (χ0v) is 9.16. The molecule has 0 spiro atoms. The number of para-hydroxylation sites is 1. The summed E-state index contributed by atoms with van der Waals surface area (Å²) in [5.41, 5.74) is 2.49. The van der Waals surface area contributed by atoms with Gasteiger partial charge in [0.1, 0.15) is 0 Å². The van der Waals surface area contributed by atoms with Gasteiger partial charge in [-0.25, -0.2) is 0 Å². The summed E-state index contributed by atoms with van der Waals surface area (Å²) >= 11 is 0. The topological polar surface area (TPSA) is 20.3 Å². The van der Waals surface area contributed by atoms with Crippen molar-refractivity contribution in [2.24, 2.45) is 0 Å². The molecule has 2 heteroatoms. The molecule has 2 atom stereocenters. The van der Waals surface area contributed by atoms with E-state index in [-0.39, 0.29) is 11.4 Å². The fourth-order valence-electron chi connectivity index (χ4n) is 3.08. The number of hydrogen-bond donors (Lipinski definition) is 0. The van der Waals surface area contributed by atoms with Crippen LogP contribution in [0.4, 0.5) is 5.69 Å². The highest BCUT2D eigenvalue weighted by Crippen LogP contribution is 2.52. The number of nitrogens with zero attached hydrogens (tertiary/aromatic N) is 1. The molecule has 0 unspecified atom stereocenters. The van der Waals surface area contributed by atoms with Gasteiger partial charge in [-0.15, -0.1) is 0 Å². The van der Waals surface area contributed by atoms with Crippen molar-refractivity contribution >= 4 is 11.6 Å². The van der Waals surface area contributed by atoms with E-state index in [0.29, 0.717) is 12.3 Å². The normalized spacial score (nSPS) is 33.1. The molecule has 1 aromatic rings. The van der Waals surface area contributed by atoms with Crippen molar-refractivity contribution in [3.63, 3.8) is 0 Å². The summed E-state index contributed by atoms with van der Waals surface area (Å²) in [7, 11) is 0. The van der Waals surface area contributed by atoms with Crippen molar-refractivity contribution < 1.29 is 4.79 Å². The Morgan fingerprint density at radius 2 is 2.13 bits per heavy atom. The Morgan fingerprint density at radius 3 is 2.93 bits per heavy atom. The van der Waals surface area contributed by atoms with Crippen LogP contribution in [0.3, 0.4) is 0 Å². The third kappa shape index (κ3) is 0.921. The Balaban J connectivity index is 2.23. The van der Waals surface area contributed by atoms with Crippen LogP contribution in [0.1, 0.15) is 38.2 Å². The van der Waals surface area contributed by atoms with Crippen molar-refractivity contribution in [2.75, 3.05) is 4.90 Å². The van der Waals surface area contributed by atoms with E-state index in [0.717, 1.165) is 12.1 Å². The van der Waals surface area contributed by atoms with Crippen molar-refractivity contribution in [3.8, 4) is 0 Å². The summed E-state index contributed by atoms with van der Waals surface area (Å²) in [6, 6.07) is 8.30. The van der Waals surface area contributed by atoms with Crippen LogP contribution in [0.5, 0.6) is 0 Å². The van der Waals surface area contributed by atoms with Crippen LogP contribution in [0.2, 0.25) is 0 Å². The van der Waals surface area contributed by atoms with Gasteiger partial charge in [0.15, 0.2) is 0 Å². The lowest BCUT2D eigenvalue weighted by Gasteiger charge is -2.31. The van der Waals surface area contributed by atoms with Crippen LogP contribution in [0.15, 0.2) is 24.3 Å². The maximum Gasteiger partial charge on any atom is 0.227 e. The zero-order chi connectivity index (χ0) is 10.6. The quantitative estimate of drug-likeness (QED) is 0.632. The number of fused-ring (bicyclic) bond motifs is 3. The molecule has 0 N–H and O–H groups in total. The van der Waals surface area contributed by atoms with Gasteiger partial charge in [-0.3, -0.25) is 4.79 Å². The van der Waals surface area contributed by atoms with Crippen molar-refractivity contribution in [2.45, 2.75) is 38.1 Å². The second-order valence-corrected chi connectivity index (χ2v) is 4.87. The SMILES string of the molecule is C[C@@H]1c2ccccc2N2C(=O)CC[C@@]12C. The molecule has 0 radical (unpaired) electrons. The highest BCUT2D eigenvalue weighted by atomic mass is 16.2. The molecular weight excluding hydrogens is 186 g/mol. The van der Waals surface area contributed by atoms with Gasteiger partial charge in [0, 0.05) is 18.0 Å². The Kier molecular flexibility index (Phi) is 1.57. The van der Waals surface area contributed by atoms with Crippen molar-refractivity contribution in [3.05, 3.63) is 29.8 Å². The average molecular weight is 201 g/mol. The van der Waals surface area contributed by atoms with Crippen LogP contribution in [0.25, 0.3) is 0 Å². The van der Waals surface area contributed by atoms with E-state index < -0.39 is 0 Å². The highest BCUT2D eigenvalue weighted by molar-refractivity contribution is 6.00. The van der Waals surface area contributed by atoms with Gasteiger partial charge in [0.05, 0.1) is 5.54 Å². The predicted molar refractivity (Wildman–Crippen MR) is 60.0 cm³/mol. The second kappa shape index (κ2) is 2.63. The minimum Gasteiger partial charge on any atom is -0.306 e. The lowest BCUT2D eigenvalue weighted by Crippen LogP contribution is -2.42. The summed E-state index contributed by atoms with van der Waals surface area (Å²) in [6.07, 6.45) is 1.69. The van der Waals surface area contributed by atoms with E-state index in [4.69, 9.17) is 0 Å². The number of anilines is 1. The van der Waals surface area contributed by atoms with Gasteiger partial charge in [0.25, 0.3) is 0 Å². The monoisotopic (exact) mass is 201 g/mol. The number of rotatable bonds is 0. The molecule has 0 saturated carbocycles. The summed E-state index contributed by atoms with van der Waals surface area (Å²) in [5, 5.41) is 0. The van der Waals surface area contributed by atoms with Crippen LogP contribution in [-0.4, -0.2) is 11.4 Å². The fraction of sp³-hybridized carbons (Fsp3) is 0.462. The lowest BCUT2D eigenvalue weighted by atomic mass is 9.84. The van der Waals surface area contributed by atoms with Crippen LogP contribution in [0, 0.1) is 0 Å². The van der Waals surface area contributed by atoms with E-state index in [1.807, 2.05) is 11.0 Å². The van der Waals surface area contributed by atoms with Gasteiger partial charge >= 0.3 is 0 Å². The maximum atomic E-state index is 11.9. The average Bonchev–Trinajstić information content (AvgIpc) is 2.65. The number of carbonyl (C=O) groups excluding carboxylic acids is 1. The van der Waals surface area contributed by atoms with Gasteiger partial charge < -0.3 is 4.90 Å². The standard InChI is InChI=1S/C13H15NO/c1-9-10-5-3-4-6-11(10)14-12(15)7-8-13(9,14)2/h3-6,9H,7-8H2,1-2H3/t9-,13+/m1/s1. The van der Waals surface area contributed by atoms with Gasteiger partial charge in [-0.2, -0.15) is 0 Å². The second-order valence-electron chi connectivity index (χ2n) is 4.87. The third-order valence-electron chi connectivity index (χ3n) is 4.18. The van der Waals surface area contributed by atoms with E-state index in [2.05, 4.69) is 32.0 Å². The lowest BCUT2D eigenvalue weighted by molar-refractivity contribution is -0.117. The zero-order valence-electron chi connectivity index (χ0n) is 9.16. The Labute approximate surface area is 89.9 Å². The molecule has 0 aliphatic carbocycles. The predicted octanol–water partition coefficient (Wildman–Crippen LogP) is 2.69. The molecule has 2 aliphatic rings. The first-order valence-corrected chi connectivity index (χ1v) is 5.56. The number of carbonyl (C=O) groups is 1. The minimum atomic E-state index is 0.0285. The number of hydrogen-bond acceptors (Lipinski definition) is 1. The Hall–Kier alpha value is -1.31. The summed E-state index contributed by atoms with van der Waals surface area (Å²) < 4.78 is 0. The van der Waals surface area contributed by atoms with E-state index in [9.17, 15) is 4.79 Å². The van der Waals surface area contributed by atoms with E-state index in [1.165, 1.54) is 5.56 Å². The minimum absolute atomic E-state index is 0.0285. The molecule has 2 aliphatic heterocycles. The molecule has 1 aromatic carbocycles. The van der Waals surface area contributed by atoms with Gasteiger partial charge in [0.2, 0.25) is 5.91 Å². The Bertz CT molecular complexity index is 440.